The lowest BCUT2D eigenvalue weighted by Gasteiger charge is -2.18. The second-order valence-corrected chi connectivity index (χ2v) is 14.4. The molecule has 0 atom stereocenters. The molecule has 0 bridgehead atoms. The summed E-state index contributed by atoms with van der Waals surface area (Å²) in [5.41, 5.74) is 11.9. The number of fused-ring (bicyclic) bond motifs is 9. The monoisotopic (exact) mass is 701 g/mol. The van der Waals surface area contributed by atoms with E-state index in [4.69, 9.17) is 8.83 Å². The molecule has 0 N–H and O–H groups in total. The van der Waals surface area contributed by atoms with Crippen LogP contribution < -0.4 is 0 Å². The predicted octanol–water partition coefficient (Wildman–Crippen LogP) is 14.7. The van der Waals surface area contributed by atoms with Gasteiger partial charge in [-0.1, -0.05) is 140 Å². The molecule has 0 saturated carbocycles. The third-order valence-corrected chi connectivity index (χ3v) is 11.4. The zero-order chi connectivity index (χ0) is 36.0. The number of hydrogen-bond acceptors (Lipinski definition) is 2. The molecule has 3 nitrogen and oxygen atoms in total. The van der Waals surface area contributed by atoms with Crippen LogP contribution in [0.25, 0.3) is 116 Å². The van der Waals surface area contributed by atoms with Crippen LogP contribution in [0, 0.1) is 0 Å². The molecule has 0 aliphatic rings. The van der Waals surface area contributed by atoms with Crippen LogP contribution in [0.3, 0.4) is 0 Å². The molecule has 0 spiro atoms. The summed E-state index contributed by atoms with van der Waals surface area (Å²) in [5.74, 6) is 0.850. The summed E-state index contributed by atoms with van der Waals surface area (Å²) in [5, 5.41) is 10.6. The van der Waals surface area contributed by atoms with Crippen molar-refractivity contribution in [3.05, 3.63) is 188 Å². The van der Waals surface area contributed by atoms with Gasteiger partial charge in [-0.25, -0.2) is 0 Å². The van der Waals surface area contributed by atoms with Crippen molar-refractivity contribution in [2.24, 2.45) is 0 Å². The molecule has 0 radical (unpaired) electrons. The molecule has 3 heteroatoms. The highest BCUT2D eigenvalue weighted by molar-refractivity contribution is 6.26. The fraction of sp³-hybridized carbons (Fsp3) is 0. The van der Waals surface area contributed by atoms with E-state index in [1.54, 1.807) is 0 Å². The number of hydrogen-bond donors (Lipinski definition) is 0. The number of furan rings is 2. The average molecular weight is 702 g/mol. The topological polar surface area (TPSA) is 31.2 Å². The molecule has 0 aliphatic heterocycles. The van der Waals surface area contributed by atoms with E-state index in [1.165, 1.54) is 60.0 Å². The van der Waals surface area contributed by atoms with E-state index in [2.05, 4.69) is 168 Å². The van der Waals surface area contributed by atoms with E-state index < -0.39 is 0 Å². The number of aromatic nitrogens is 1. The zero-order valence-corrected chi connectivity index (χ0v) is 29.7. The quantitative estimate of drug-likeness (QED) is 0.171. The molecule has 12 aromatic rings. The van der Waals surface area contributed by atoms with Crippen molar-refractivity contribution in [1.82, 2.24) is 4.57 Å². The minimum Gasteiger partial charge on any atom is -0.456 e. The second kappa shape index (κ2) is 11.6. The Hall–Kier alpha value is -7.36. The molecule has 0 amide bonds. The lowest BCUT2D eigenvalue weighted by atomic mass is 9.85. The van der Waals surface area contributed by atoms with Gasteiger partial charge in [-0.05, 0) is 86.3 Å². The first-order chi connectivity index (χ1) is 27.3. The van der Waals surface area contributed by atoms with Crippen molar-refractivity contribution in [3.8, 4) is 39.3 Å². The minimum absolute atomic E-state index is 0.815. The third-order valence-electron chi connectivity index (χ3n) is 11.4. The van der Waals surface area contributed by atoms with Crippen LogP contribution in [0.5, 0.6) is 0 Å². The van der Waals surface area contributed by atoms with Crippen LogP contribution in [0.1, 0.15) is 0 Å². The minimum atomic E-state index is 0.815. The summed E-state index contributed by atoms with van der Waals surface area (Å²) in [6.07, 6.45) is 0. The Morgan fingerprint density at radius 1 is 0.345 bits per heavy atom. The van der Waals surface area contributed by atoms with Gasteiger partial charge in [-0.2, -0.15) is 0 Å². The van der Waals surface area contributed by atoms with Crippen molar-refractivity contribution < 1.29 is 8.83 Å². The highest BCUT2D eigenvalue weighted by Gasteiger charge is 2.22. The predicted molar refractivity (Wildman–Crippen MR) is 229 cm³/mol. The number of benzene rings is 9. The zero-order valence-electron chi connectivity index (χ0n) is 29.7. The fourth-order valence-corrected chi connectivity index (χ4v) is 9.02. The molecular weight excluding hydrogens is 671 g/mol. The molecule has 256 valence electrons. The van der Waals surface area contributed by atoms with Crippen LogP contribution in [-0.2, 0) is 0 Å². The summed E-state index contributed by atoms with van der Waals surface area (Å²) in [6, 6.07) is 67.3. The first-order valence-electron chi connectivity index (χ1n) is 18.8. The lowest BCUT2D eigenvalue weighted by molar-refractivity contribution is 0.628. The molecule has 55 heavy (non-hydrogen) atoms. The van der Waals surface area contributed by atoms with Gasteiger partial charge in [0.15, 0.2) is 0 Å². The van der Waals surface area contributed by atoms with E-state index in [0.29, 0.717) is 0 Å². The fourth-order valence-electron chi connectivity index (χ4n) is 9.02. The summed E-state index contributed by atoms with van der Waals surface area (Å²) in [4.78, 5) is 0. The van der Waals surface area contributed by atoms with Gasteiger partial charge in [0.05, 0.1) is 11.0 Å². The van der Waals surface area contributed by atoms with Gasteiger partial charge in [0, 0.05) is 44.2 Å². The number of rotatable bonds is 4. The van der Waals surface area contributed by atoms with Gasteiger partial charge in [0.25, 0.3) is 0 Å². The summed E-state index contributed by atoms with van der Waals surface area (Å²) in [7, 11) is 0. The van der Waals surface area contributed by atoms with Crippen molar-refractivity contribution in [1.29, 1.82) is 0 Å². The van der Waals surface area contributed by atoms with Crippen molar-refractivity contribution in [3.63, 3.8) is 0 Å². The van der Waals surface area contributed by atoms with Gasteiger partial charge >= 0.3 is 0 Å². The van der Waals surface area contributed by atoms with Gasteiger partial charge in [-0.3, -0.25) is 0 Å². The Morgan fingerprint density at radius 3 is 1.73 bits per heavy atom. The van der Waals surface area contributed by atoms with Crippen LogP contribution in [0.4, 0.5) is 0 Å². The van der Waals surface area contributed by atoms with E-state index >= 15 is 0 Å². The van der Waals surface area contributed by atoms with Crippen molar-refractivity contribution in [2.45, 2.75) is 0 Å². The first-order valence-corrected chi connectivity index (χ1v) is 18.8. The smallest absolute Gasteiger partial charge is 0.139 e. The molecule has 0 fully saturated rings. The average Bonchev–Trinajstić information content (AvgIpc) is 3.93. The molecular formula is C52H31NO2. The summed E-state index contributed by atoms with van der Waals surface area (Å²) in [6.45, 7) is 0. The van der Waals surface area contributed by atoms with Crippen molar-refractivity contribution in [2.75, 3.05) is 0 Å². The first kappa shape index (κ1) is 30.1. The Kier molecular flexibility index (Phi) is 6.34. The normalized spacial score (nSPS) is 12.0. The Labute approximate surface area is 315 Å². The van der Waals surface area contributed by atoms with Gasteiger partial charge in [0.1, 0.15) is 22.5 Å². The summed E-state index contributed by atoms with van der Waals surface area (Å²) >= 11 is 0. The largest absolute Gasteiger partial charge is 0.456 e. The Bertz CT molecular complexity index is 3420. The van der Waals surface area contributed by atoms with Crippen LogP contribution in [-0.4, -0.2) is 4.57 Å². The van der Waals surface area contributed by atoms with Gasteiger partial charge in [-0.15, -0.1) is 0 Å². The standard InChI is InChI=1S/C52H31NO2/c1-3-14-32(15-4-1)47-30-34-28-43-49(31-48(34)55-47)54-46-25-13-23-42(52(43)46)51-40-21-9-7-19-38(40)50(39-20-8-10-22-41(39)51)33-26-27-37-36-18-11-12-24-44(36)53(45(37)29-33)35-16-5-2-6-17-35/h1-31H. The Balaban J connectivity index is 1.13. The second-order valence-electron chi connectivity index (χ2n) is 14.4. The van der Waals surface area contributed by atoms with Gasteiger partial charge in [0.2, 0.25) is 0 Å². The lowest BCUT2D eigenvalue weighted by Crippen LogP contribution is -1.94. The highest BCUT2D eigenvalue weighted by Crippen LogP contribution is 2.48. The molecule has 0 saturated heterocycles. The highest BCUT2D eigenvalue weighted by atomic mass is 16.3. The van der Waals surface area contributed by atoms with E-state index in [0.717, 1.165) is 55.5 Å². The van der Waals surface area contributed by atoms with Crippen molar-refractivity contribution >= 4 is 76.3 Å². The SMILES string of the molecule is c1ccc(-c2cc3cc4c(cc3o2)oc2cccc(-c3c5ccccc5c(-c5ccc6c7ccccc7n(-c7ccccc7)c6c5)c5ccccc35)c24)cc1. The summed E-state index contributed by atoms with van der Waals surface area (Å²) < 4.78 is 15.4. The maximum Gasteiger partial charge on any atom is 0.139 e. The van der Waals surface area contributed by atoms with Crippen LogP contribution in [0.15, 0.2) is 197 Å². The number of para-hydroxylation sites is 2. The Morgan fingerprint density at radius 2 is 0.982 bits per heavy atom. The molecule has 3 aromatic heterocycles. The van der Waals surface area contributed by atoms with E-state index in [9.17, 15) is 0 Å². The van der Waals surface area contributed by atoms with Crippen LogP contribution >= 0.6 is 0 Å². The molecule has 0 unspecified atom stereocenters. The molecule has 12 rings (SSSR count). The number of nitrogens with zero attached hydrogens (tertiary/aromatic N) is 1. The third kappa shape index (κ3) is 4.44. The molecule has 9 aromatic carbocycles. The molecule has 0 aliphatic carbocycles. The molecule has 3 heterocycles. The van der Waals surface area contributed by atoms with Gasteiger partial charge < -0.3 is 13.4 Å². The maximum absolute atomic E-state index is 6.61. The van der Waals surface area contributed by atoms with E-state index in [-0.39, 0.29) is 0 Å². The van der Waals surface area contributed by atoms with Crippen LogP contribution in [0.2, 0.25) is 0 Å². The van der Waals surface area contributed by atoms with E-state index in [1.807, 2.05) is 24.3 Å². The maximum atomic E-state index is 6.61.